The Morgan fingerprint density at radius 1 is 0.455 bits per heavy atom. The fourth-order valence-corrected chi connectivity index (χ4v) is 2.22. The van der Waals surface area contributed by atoms with E-state index in [1.165, 1.54) is 0 Å². The summed E-state index contributed by atoms with van der Waals surface area (Å²) < 4.78 is 42.7. The van der Waals surface area contributed by atoms with E-state index in [4.69, 9.17) is 37.9 Å². The second-order valence-corrected chi connectivity index (χ2v) is 8.65. The van der Waals surface area contributed by atoms with Gasteiger partial charge >= 0.3 is 12.3 Å². The molecule has 0 amide bonds. The van der Waals surface area contributed by atoms with Crippen LogP contribution in [0.25, 0.3) is 0 Å². The van der Waals surface area contributed by atoms with Crippen LogP contribution in [0.4, 0.5) is 9.59 Å². The summed E-state index contributed by atoms with van der Waals surface area (Å²) in [6.45, 7) is 17.7. The van der Waals surface area contributed by atoms with Crippen molar-refractivity contribution < 1.29 is 47.5 Å². The molecule has 0 radical (unpaired) electrons. The van der Waals surface area contributed by atoms with Crippen LogP contribution >= 0.6 is 0 Å². The Kier molecular flexibility index (Phi) is 16.9. The molecule has 33 heavy (non-hydrogen) atoms. The summed E-state index contributed by atoms with van der Waals surface area (Å²) in [5.74, 6) is 0. The number of hydrogen-bond donors (Lipinski definition) is 0. The van der Waals surface area contributed by atoms with Gasteiger partial charge in [0.2, 0.25) is 0 Å². The maximum Gasteiger partial charge on any atom is 0.508 e. The van der Waals surface area contributed by atoms with Crippen molar-refractivity contribution in [1.82, 2.24) is 0 Å². The molecule has 0 fully saturated rings. The molecule has 5 unspecified atom stereocenters. The molecule has 196 valence electrons. The number of ether oxygens (including phenoxy) is 8. The predicted molar refractivity (Wildman–Crippen MR) is 121 cm³/mol. The highest BCUT2D eigenvalue weighted by Gasteiger charge is 2.16. The Morgan fingerprint density at radius 2 is 0.788 bits per heavy atom. The minimum absolute atomic E-state index is 0.109. The first-order chi connectivity index (χ1) is 15.4. The lowest BCUT2D eigenvalue weighted by Crippen LogP contribution is -2.30. The highest BCUT2D eigenvalue weighted by Crippen LogP contribution is 2.05. The Bertz CT molecular complexity index is 525. The predicted octanol–water partition coefficient (Wildman–Crippen LogP) is 4.12. The lowest BCUT2D eigenvalue weighted by molar-refractivity contribution is -0.0974. The monoisotopic (exact) mass is 480 g/mol. The van der Waals surface area contributed by atoms with Crippen molar-refractivity contribution in [2.24, 2.45) is 0 Å². The fourth-order valence-electron chi connectivity index (χ4n) is 2.22. The Balaban J connectivity index is 3.88. The average Bonchev–Trinajstić information content (AvgIpc) is 2.70. The molecular weight excluding hydrogens is 436 g/mol. The smallest absolute Gasteiger partial charge is 0.432 e. The lowest BCUT2D eigenvalue weighted by Gasteiger charge is -2.22. The van der Waals surface area contributed by atoms with Gasteiger partial charge in [0, 0.05) is 0 Å². The van der Waals surface area contributed by atoms with E-state index in [1.807, 2.05) is 27.7 Å². The van der Waals surface area contributed by atoms with Crippen LogP contribution < -0.4 is 0 Å². The third kappa shape index (κ3) is 19.5. The molecule has 10 nitrogen and oxygen atoms in total. The van der Waals surface area contributed by atoms with Gasteiger partial charge in [-0.15, -0.1) is 0 Å². The first-order valence-corrected chi connectivity index (χ1v) is 11.6. The Hall–Kier alpha value is -1.62. The zero-order valence-corrected chi connectivity index (χ0v) is 21.7. The van der Waals surface area contributed by atoms with E-state index < -0.39 is 18.4 Å². The van der Waals surface area contributed by atoms with Gasteiger partial charge in [0.05, 0.1) is 63.1 Å². The molecule has 0 aromatic heterocycles. The van der Waals surface area contributed by atoms with Crippen LogP contribution in [0.15, 0.2) is 0 Å². The SMILES string of the molecule is CC(C)OC(=O)OCC(C)OCC(C)OCC(C)OCC(C)OCC(C)OC(=O)OC(C)C. The average molecular weight is 481 g/mol. The molecule has 0 saturated carbocycles. The highest BCUT2D eigenvalue weighted by molar-refractivity contribution is 5.60. The van der Waals surface area contributed by atoms with E-state index in [-0.39, 0.29) is 49.8 Å². The molecule has 0 spiro atoms. The molecule has 0 bridgehead atoms. The third-order valence-corrected chi connectivity index (χ3v) is 3.86. The summed E-state index contributed by atoms with van der Waals surface area (Å²) in [6, 6.07) is 0. The molecular formula is C23H44O10. The normalized spacial score (nSPS) is 16.1. The zero-order valence-electron chi connectivity index (χ0n) is 21.7. The second kappa shape index (κ2) is 17.8. The van der Waals surface area contributed by atoms with Crippen molar-refractivity contribution in [2.75, 3.05) is 33.0 Å². The fraction of sp³-hybridized carbons (Fsp3) is 0.913. The van der Waals surface area contributed by atoms with Gasteiger partial charge in [-0.2, -0.15) is 0 Å². The minimum atomic E-state index is -0.704. The largest absolute Gasteiger partial charge is 0.508 e. The second-order valence-electron chi connectivity index (χ2n) is 8.65. The molecule has 5 atom stereocenters. The molecule has 0 aliphatic rings. The topological polar surface area (TPSA) is 108 Å². The van der Waals surface area contributed by atoms with Gasteiger partial charge in [-0.05, 0) is 62.3 Å². The highest BCUT2D eigenvalue weighted by atomic mass is 16.7. The molecule has 0 aromatic rings. The van der Waals surface area contributed by atoms with Gasteiger partial charge in [0.1, 0.15) is 12.7 Å². The van der Waals surface area contributed by atoms with Gasteiger partial charge in [0.25, 0.3) is 0 Å². The van der Waals surface area contributed by atoms with E-state index in [9.17, 15) is 9.59 Å². The number of carbonyl (C=O) groups is 2. The van der Waals surface area contributed by atoms with E-state index >= 15 is 0 Å². The first-order valence-electron chi connectivity index (χ1n) is 11.6. The molecule has 0 saturated heterocycles. The summed E-state index contributed by atoms with van der Waals surface area (Å²) in [5, 5.41) is 0. The first kappa shape index (κ1) is 31.4. The summed E-state index contributed by atoms with van der Waals surface area (Å²) >= 11 is 0. The molecule has 0 heterocycles. The minimum Gasteiger partial charge on any atom is -0.432 e. The summed E-state index contributed by atoms with van der Waals surface area (Å²) in [6.07, 6.45) is -3.03. The van der Waals surface area contributed by atoms with Crippen molar-refractivity contribution in [1.29, 1.82) is 0 Å². The quantitative estimate of drug-likeness (QED) is 0.282. The van der Waals surface area contributed by atoms with Crippen molar-refractivity contribution in [2.45, 2.75) is 105 Å². The number of hydrogen-bond acceptors (Lipinski definition) is 10. The van der Waals surface area contributed by atoms with Crippen molar-refractivity contribution in [3.05, 3.63) is 0 Å². The van der Waals surface area contributed by atoms with E-state index in [2.05, 4.69) is 0 Å². The maximum atomic E-state index is 11.5. The van der Waals surface area contributed by atoms with Crippen LogP contribution in [0.3, 0.4) is 0 Å². The Morgan fingerprint density at radius 3 is 1.18 bits per heavy atom. The van der Waals surface area contributed by atoms with Gasteiger partial charge in [-0.25, -0.2) is 9.59 Å². The van der Waals surface area contributed by atoms with Crippen molar-refractivity contribution >= 4 is 12.3 Å². The van der Waals surface area contributed by atoms with Gasteiger partial charge in [-0.3, -0.25) is 0 Å². The van der Waals surface area contributed by atoms with Gasteiger partial charge < -0.3 is 37.9 Å². The summed E-state index contributed by atoms with van der Waals surface area (Å²) in [5.41, 5.74) is 0. The van der Waals surface area contributed by atoms with E-state index in [1.54, 1.807) is 34.6 Å². The number of rotatable bonds is 17. The van der Waals surface area contributed by atoms with Gasteiger partial charge in [0.15, 0.2) is 0 Å². The molecule has 0 aliphatic carbocycles. The zero-order chi connectivity index (χ0) is 25.4. The number of carbonyl (C=O) groups excluding carboxylic acids is 2. The standard InChI is InChI=1S/C23H44O10/c1-15(2)31-22(24)30-13-20(8)28-11-18(6)26-10-17(5)27-12-19(7)29-14-21(9)33-23(25)32-16(3)4/h15-21H,10-14H2,1-9H3. The van der Waals surface area contributed by atoms with E-state index in [0.717, 1.165) is 0 Å². The van der Waals surface area contributed by atoms with Crippen LogP contribution in [0.1, 0.15) is 62.3 Å². The lowest BCUT2D eigenvalue weighted by atomic mass is 10.3. The van der Waals surface area contributed by atoms with Crippen LogP contribution in [0.5, 0.6) is 0 Å². The molecule has 0 aromatic carbocycles. The van der Waals surface area contributed by atoms with Crippen LogP contribution in [-0.4, -0.2) is 88.1 Å². The van der Waals surface area contributed by atoms with E-state index in [0.29, 0.717) is 19.8 Å². The molecule has 10 heteroatoms. The summed E-state index contributed by atoms with van der Waals surface area (Å²) in [7, 11) is 0. The maximum absolute atomic E-state index is 11.5. The molecule has 0 rings (SSSR count). The van der Waals surface area contributed by atoms with Gasteiger partial charge in [-0.1, -0.05) is 0 Å². The van der Waals surface area contributed by atoms with Crippen molar-refractivity contribution in [3.8, 4) is 0 Å². The van der Waals surface area contributed by atoms with Crippen LogP contribution in [-0.2, 0) is 37.9 Å². The van der Waals surface area contributed by atoms with Crippen molar-refractivity contribution in [3.63, 3.8) is 0 Å². The molecule has 0 aliphatic heterocycles. The summed E-state index contributed by atoms with van der Waals surface area (Å²) in [4.78, 5) is 22.8. The molecule has 0 N–H and O–H groups in total. The third-order valence-electron chi connectivity index (χ3n) is 3.86. The van der Waals surface area contributed by atoms with Crippen LogP contribution in [0, 0.1) is 0 Å². The Labute approximate surface area is 198 Å². The van der Waals surface area contributed by atoms with Crippen LogP contribution in [0.2, 0.25) is 0 Å².